The highest BCUT2D eigenvalue weighted by Crippen LogP contribution is 2.36. The molecule has 0 aliphatic carbocycles. The van der Waals surface area contributed by atoms with Crippen molar-refractivity contribution in [2.75, 3.05) is 32.9 Å². The first-order valence-electron chi connectivity index (χ1n) is 9.19. The summed E-state index contributed by atoms with van der Waals surface area (Å²) in [5.74, 6) is 0.309. The predicted molar refractivity (Wildman–Crippen MR) is 90.7 cm³/mol. The normalized spacial score (nSPS) is 30.4. The minimum Gasteiger partial charge on any atom is -0.381 e. The molecule has 1 aromatic rings. The minimum atomic E-state index is -0.0618. The van der Waals surface area contributed by atoms with Crippen LogP contribution in [0.3, 0.4) is 0 Å². The predicted octanol–water partition coefficient (Wildman–Crippen LogP) is 0.527. The molecule has 3 saturated heterocycles. The number of likely N-dealkylation sites (tertiary alicyclic amines) is 1. The molecule has 3 fully saturated rings. The van der Waals surface area contributed by atoms with E-state index in [0.717, 1.165) is 50.5 Å². The van der Waals surface area contributed by atoms with E-state index in [1.807, 2.05) is 6.92 Å². The number of hydrogen-bond acceptors (Lipinski definition) is 6. The number of carbonyl (C=O) groups excluding carboxylic acids is 1. The van der Waals surface area contributed by atoms with Crippen molar-refractivity contribution in [3.8, 4) is 0 Å². The third-order valence-electron chi connectivity index (χ3n) is 5.67. The van der Waals surface area contributed by atoms with E-state index in [2.05, 4.69) is 20.2 Å². The Morgan fingerprint density at radius 1 is 1.28 bits per heavy atom. The summed E-state index contributed by atoms with van der Waals surface area (Å²) < 4.78 is 11.4. The van der Waals surface area contributed by atoms with Crippen molar-refractivity contribution in [2.24, 2.45) is 11.8 Å². The Bertz CT molecular complexity index is 603. The van der Waals surface area contributed by atoms with Gasteiger partial charge in [0.05, 0.1) is 42.8 Å². The number of fused-ring (bicyclic) bond motifs is 1. The number of nitrogens with one attached hydrogen (secondary N) is 1. The molecule has 1 aromatic heterocycles. The third-order valence-corrected chi connectivity index (χ3v) is 5.67. The lowest BCUT2D eigenvalue weighted by molar-refractivity contribution is -0.126. The van der Waals surface area contributed by atoms with Gasteiger partial charge in [0.25, 0.3) is 0 Å². The average Bonchev–Trinajstić information content (AvgIpc) is 3.22. The second kappa shape index (κ2) is 7.35. The monoisotopic (exact) mass is 346 g/mol. The van der Waals surface area contributed by atoms with Gasteiger partial charge in [-0.1, -0.05) is 0 Å². The topological polar surface area (TPSA) is 76.6 Å². The van der Waals surface area contributed by atoms with Gasteiger partial charge in [0.2, 0.25) is 5.91 Å². The Hall–Kier alpha value is -1.57. The number of carbonyl (C=O) groups is 1. The standard InChI is InChI=1S/C18H26N4O3/c1-12-6-20-13(7-19-12)8-21-18(23)16-11-25-17-10-22(9-15(16)17)14-2-4-24-5-3-14/h6-7,14-17H,2-5,8-11H2,1H3,(H,21,23)/t15-,16+,17-/m1/s1. The summed E-state index contributed by atoms with van der Waals surface area (Å²) in [6, 6.07) is 0.578. The largest absolute Gasteiger partial charge is 0.381 e. The zero-order valence-corrected chi connectivity index (χ0v) is 14.7. The van der Waals surface area contributed by atoms with E-state index >= 15 is 0 Å². The van der Waals surface area contributed by atoms with Crippen molar-refractivity contribution in [2.45, 2.75) is 38.5 Å². The van der Waals surface area contributed by atoms with Crippen LogP contribution in [0.5, 0.6) is 0 Å². The SMILES string of the molecule is Cc1cnc(CNC(=O)[C@H]2CO[C@@H]3CN(C4CCOCC4)C[C@H]23)cn1. The van der Waals surface area contributed by atoms with Crippen molar-refractivity contribution in [3.05, 3.63) is 23.8 Å². The Kier molecular flexibility index (Phi) is 4.96. The molecule has 0 radical (unpaired) electrons. The van der Waals surface area contributed by atoms with Gasteiger partial charge in [-0.05, 0) is 19.8 Å². The van der Waals surface area contributed by atoms with Crippen LogP contribution in [0.25, 0.3) is 0 Å². The van der Waals surface area contributed by atoms with Gasteiger partial charge < -0.3 is 14.8 Å². The molecule has 1 N–H and O–H groups in total. The maximum Gasteiger partial charge on any atom is 0.226 e. The number of aryl methyl sites for hydroxylation is 1. The van der Waals surface area contributed by atoms with Gasteiger partial charge in [-0.2, -0.15) is 0 Å². The van der Waals surface area contributed by atoms with Crippen LogP contribution in [0.2, 0.25) is 0 Å². The molecule has 0 bridgehead atoms. The number of amides is 1. The fraction of sp³-hybridized carbons (Fsp3) is 0.722. The lowest BCUT2D eigenvalue weighted by Crippen LogP contribution is -2.40. The molecule has 0 unspecified atom stereocenters. The van der Waals surface area contributed by atoms with E-state index < -0.39 is 0 Å². The van der Waals surface area contributed by atoms with Crippen LogP contribution in [0.4, 0.5) is 0 Å². The van der Waals surface area contributed by atoms with Gasteiger partial charge in [0, 0.05) is 44.5 Å². The van der Waals surface area contributed by atoms with Crippen LogP contribution in [0, 0.1) is 18.8 Å². The summed E-state index contributed by atoms with van der Waals surface area (Å²) >= 11 is 0. The summed E-state index contributed by atoms with van der Waals surface area (Å²) in [6.07, 6.45) is 5.80. The molecule has 136 valence electrons. The molecule has 4 rings (SSSR count). The molecule has 0 spiro atoms. The zero-order chi connectivity index (χ0) is 17.2. The Morgan fingerprint density at radius 3 is 2.88 bits per heavy atom. The van der Waals surface area contributed by atoms with Crippen molar-refractivity contribution < 1.29 is 14.3 Å². The number of aromatic nitrogens is 2. The molecule has 3 atom stereocenters. The summed E-state index contributed by atoms with van der Waals surface area (Å²) in [6.45, 7) is 6.44. The lowest BCUT2D eigenvalue weighted by atomic mass is 9.92. The van der Waals surface area contributed by atoms with Crippen LogP contribution >= 0.6 is 0 Å². The highest BCUT2D eigenvalue weighted by Gasteiger charge is 2.48. The zero-order valence-electron chi connectivity index (χ0n) is 14.7. The molecule has 4 heterocycles. The van der Waals surface area contributed by atoms with E-state index in [-0.39, 0.29) is 17.9 Å². The van der Waals surface area contributed by atoms with E-state index in [4.69, 9.17) is 9.47 Å². The minimum absolute atomic E-state index is 0.0618. The molecular weight excluding hydrogens is 320 g/mol. The van der Waals surface area contributed by atoms with Crippen LogP contribution in [-0.2, 0) is 20.8 Å². The van der Waals surface area contributed by atoms with Crippen molar-refractivity contribution in [3.63, 3.8) is 0 Å². The molecule has 7 heteroatoms. The van der Waals surface area contributed by atoms with Crippen molar-refractivity contribution in [1.29, 1.82) is 0 Å². The van der Waals surface area contributed by atoms with Gasteiger partial charge in [0.15, 0.2) is 0 Å². The summed E-state index contributed by atoms with van der Waals surface area (Å²) in [5, 5.41) is 3.01. The smallest absolute Gasteiger partial charge is 0.226 e. The van der Waals surface area contributed by atoms with Crippen LogP contribution in [-0.4, -0.2) is 65.8 Å². The molecular formula is C18H26N4O3. The van der Waals surface area contributed by atoms with E-state index in [1.165, 1.54) is 0 Å². The molecule has 25 heavy (non-hydrogen) atoms. The van der Waals surface area contributed by atoms with Gasteiger partial charge in [0.1, 0.15) is 0 Å². The van der Waals surface area contributed by atoms with Crippen molar-refractivity contribution >= 4 is 5.91 Å². The maximum absolute atomic E-state index is 12.6. The maximum atomic E-state index is 12.6. The lowest BCUT2D eigenvalue weighted by Gasteiger charge is -2.31. The summed E-state index contributed by atoms with van der Waals surface area (Å²) in [5.41, 5.74) is 1.66. The highest BCUT2D eigenvalue weighted by molar-refractivity contribution is 5.79. The van der Waals surface area contributed by atoms with Crippen molar-refractivity contribution in [1.82, 2.24) is 20.2 Å². The van der Waals surface area contributed by atoms with Gasteiger partial charge in [-0.15, -0.1) is 0 Å². The Balaban J connectivity index is 1.32. The number of nitrogens with zero attached hydrogens (tertiary/aromatic N) is 3. The number of ether oxygens (including phenoxy) is 2. The number of hydrogen-bond donors (Lipinski definition) is 1. The summed E-state index contributed by atoms with van der Waals surface area (Å²) in [7, 11) is 0. The highest BCUT2D eigenvalue weighted by atomic mass is 16.5. The molecule has 1 amide bonds. The average molecular weight is 346 g/mol. The second-order valence-electron chi connectivity index (χ2n) is 7.31. The fourth-order valence-electron chi connectivity index (χ4n) is 4.18. The molecule has 0 saturated carbocycles. The molecule has 3 aliphatic heterocycles. The van der Waals surface area contributed by atoms with Gasteiger partial charge in [-0.3, -0.25) is 19.7 Å². The van der Waals surface area contributed by atoms with E-state index in [1.54, 1.807) is 12.4 Å². The van der Waals surface area contributed by atoms with Crippen LogP contribution in [0.15, 0.2) is 12.4 Å². The first-order chi connectivity index (χ1) is 12.2. The number of rotatable bonds is 4. The summed E-state index contributed by atoms with van der Waals surface area (Å²) in [4.78, 5) is 23.6. The first kappa shape index (κ1) is 16.9. The molecule has 7 nitrogen and oxygen atoms in total. The van der Waals surface area contributed by atoms with Gasteiger partial charge >= 0.3 is 0 Å². The fourth-order valence-corrected chi connectivity index (χ4v) is 4.18. The second-order valence-corrected chi connectivity index (χ2v) is 7.31. The van der Waals surface area contributed by atoms with Crippen LogP contribution in [0.1, 0.15) is 24.2 Å². The first-order valence-corrected chi connectivity index (χ1v) is 9.19. The van der Waals surface area contributed by atoms with E-state index in [0.29, 0.717) is 25.1 Å². The Labute approximate surface area is 148 Å². The van der Waals surface area contributed by atoms with E-state index in [9.17, 15) is 4.79 Å². The third kappa shape index (κ3) is 3.68. The van der Waals surface area contributed by atoms with Gasteiger partial charge in [-0.25, -0.2) is 0 Å². The Morgan fingerprint density at radius 2 is 2.12 bits per heavy atom. The molecule has 0 aromatic carbocycles. The quantitative estimate of drug-likeness (QED) is 0.857. The molecule has 3 aliphatic rings. The van der Waals surface area contributed by atoms with Crippen LogP contribution < -0.4 is 5.32 Å².